The van der Waals surface area contributed by atoms with Gasteiger partial charge in [0.25, 0.3) is 5.91 Å². The van der Waals surface area contributed by atoms with Crippen molar-refractivity contribution in [1.82, 2.24) is 9.88 Å². The Labute approximate surface area is 141 Å². The number of aliphatic hydroxyl groups excluding tert-OH is 1. The molecular weight excluding hydrogens is 304 g/mol. The van der Waals surface area contributed by atoms with E-state index in [4.69, 9.17) is 4.74 Å². The predicted molar refractivity (Wildman–Crippen MR) is 91.0 cm³/mol. The minimum Gasteiger partial charge on any atom is -0.497 e. The molecule has 2 heterocycles. The largest absolute Gasteiger partial charge is 0.497 e. The number of hydrogen-bond donors (Lipinski definition) is 1. The summed E-state index contributed by atoms with van der Waals surface area (Å²) >= 11 is 0. The Bertz CT molecular complexity index is 732. The van der Waals surface area contributed by atoms with Crippen molar-refractivity contribution in [2.24, 2.45) is 0 Å². The summed E-state index contributed by atoms with van der Waals surface area (Å²) in [7, 11) is 1.62. The maximum Gasteiger partial charge on any atom is 0.256 e. The SMILES string of the molecule is CCc1cncc(C(=O)N2C[C@H](O)C[C@@H]2c2cccc(OC)c2)c1. The van der Waals surface area contributed by atoms with E-state index in [-0.39, 0.29) is 11.9 Å². The lowest BCUT2D eigenvalue weighted by molar-refractivity contribution is 0.0715. The first-order valence-electron chi connectivity index (χ1n) is 8.19. The van der Waals surface area contributed by atoms with Crippen molar-refractivity contribution >= 4 is 5.91 Å². The number of carbonyl (C=O) groups is 1. The fourth-order valence-electron chi connectivity index (χ4n) is 3.17. The number of aliphatic hydroxyl groups is 1. The van der Waals surface area contributed by atoms with Gasteiger partial charge in [0.2, 0.25) is 0 Å². The lowest BCUT2D eigenvalue weighted by Crippen LogP contribution is -2.32. The molecule has 126 valence electrons. The molecule has 0 unspecified atom stereocenters. The molecule has 1 N–H and O–H groups in total. The van der Waals surface area contributed by atoms with Crippen LogP contribution in [0, 0.1) is 0 Å². The van der Waals surface area contributed by atoms with Crippen LogP contribution < -0.4 is 4.74 Å². The Kier molecular flexibility index (Phi) is 4.81. The van der Waals surface area contributed by atoms with Crippen LogP contribution in [-0.2, 0) is 6.42 Å². The molecule has 2 atom stereocenters. The number of ether oxygens (including phenoxy) is 1. The van der Waals surface area contributed by atoms with Crippen molar-refractivity contribution in [3.8, 4) is 5.75 Å². The normalized spacial score (nSPS) is 20.2. The zero-order valence-electron chi connectivity index (χ0n) is 14.0. The molecule has 0 saturated carbocycles. The fourth-order valence-corrected chi connectivity index (χ4v) is 3.17. The highest BCUT2D eigenvalue weighted by Crippen LogP contribution is 2.34. The van der Waals surface area contributed by atoms with Crippen molar-refractivity contribution in [3.63, 3.8) is 0 Å². The van der Waals surface area contributed by atoms with Crippen LogP contribution in [0.25, 0.3) is 0 Å². The number of rotatable bonds is 4. The Morgan fingerprint density at radius 3 is 2.96 bits per heavy atom. The summed E-state index contributed by atoms with van der Waals surface area (Å²) < 4.78 is 5.28. The monoisotopic (exact) mass is 326 g/mol. The van der Waals surface area contributed by atoms with Crippen molar-refractivity contribution in [3.05, 3.63) is 59.4 Å². The summed E-state index contributed by atoms with van der Waals surface area (Å²) in [5.41, 5.74) is 2.56. The van der Waals surface area contributed by atoms with Gasteiger partial charge in [-0.15, -0.1) is 0 Å². The number of β-amino-alcohol motifs (C(OH)–C–C–N with tert-alkyl or cyclic N) is 1. The molecule has 1 aliphatic heterocycles. The third-order valence-corrected chi connectivity index (χ3v) is 4.47. The second-order valence-corrected chi connectivity index (χ2v) is 6.07. The molecule has 1 aliphatic rings. The summed E-state index contributed by atoms with van der Waals surface area (Å²) in [5.74, 6) is 0.651. The van der Waals surface area contributed by atoms with Crippen LogP contribution >= 0.6 is 0 Å². The van der Waals surface area contributed by atoms with Crippen LogP contribution in [0.15, 0.2) is 42.7 Å². The Hall–Kier alpha value is -2.40. The van der Waals surface area contributed by atoms with Gasteiger partial charge in [0.1, 0.15) is 5.75 Å². The van der Waals surface area contributed by atoms with E-state index < -0.39 is 6.10 Å². The number of carbonyl (C=O) groups excluding carboxylic acids is 1. The van der Waals surface area contributed by atoms with E-state index in [9.17, 15) is 9.90 Å². The van der Waals surface area contributed by atoms with Crippen LogP contribution in [0.3, 0.4) is 0 Å². The Morgan fingerprint density at radius 1 is 1.38 bits per heavy atom. The molecule has 5 nitrogen and oxygen atoms in total. The first-order valence-corrected chi connectivity index (χ1v) is 8.19. The fraction of sp³-hybridized carbons (Fsp3) is 0.368. The van der Waals surface area contributed by atoms with Gasteiger partial charge < -0.3 is 14.7 Å². The van der Waals surface area contributed by atoms with Gasteiger partial charge in [0.15, 0.2) is 0 Å². The summed E-state index contributed by atoms with van der Waals surface area (Å²) in [4.78, 5) is 18.8. The smallest absolute Gasteiger partial charge is 0.256 e. The highest BCUT2D eigenvalue weighted by molar-refractivity contribution is 5.94. The van der Waals surface area contributed by atoms with Gasteiger partial charge in [-0.05, 0) is 42.2 Å². The van der Waals surface area contributed by atoms with E-state index in [1.54, 1.807) is 24.4 Å². The quantitative estimate of drug-likeness (QED) is 0.938. The third kappa shape index (κ3) is 3.26. The van der Waals surface area contributed by atoms with Gasteiger partial charge in [-0.1, -0.05) is 19.1 Å². The molecular formula is C19H22N2O3. The first kappa shape index (κ1) is 16.5. The lowest BCUT2D eigenvalue weighted by Gasteiger charge is -2.25. The number of likely N-dealkylation sites (tertiary alicyclic amines) is 1. The van der Waals surface area contributed by atoms with Gasteiger partial charge in [-0.2, -0.15) is 0 Å². The van der Waals surface area contributed by atoms with Crippen molar-refractivity contribution in [2.75, 3.05) is 13.7 Å². The Balaban J connectivity index is 1.90. The maximum atomic E-state index is 12.9. The molecule has 1 fully saturated rings. The highest BCUT2D eigenvalue weighted by atomic mass is 16.5. The minimum absolute atomic E-state index is 0.0952. The molecule has 0 spiro atoms. The molecule has 0 radical (unpaired) electrons. The van der Waals surface area contributed by atoms with E-state index in [0.717, 1.165) is 23.3 Å². The number of aryl methyl sites for hydroxylation is 1. The molecule has 5 heteroatoms. The maximum absolute atomic E-state index is 12.9. The molecule has 24 heavy (non-hydrogen) atoms. The van der Waals surface area contributed by atoms with E-state index in [1.165, 1.54) is 0 Å². The van der Waals surface area contributed by atoms with Gasteiger partial charge in [-0.3, -0.25) is 9.78 Å². The van der Waals surface area contributed by atoms with E-state index in [0.29, 0.717) is 18.5 Å². The van der Waals surface area contributed by atoms with Crippen molar-refractivity contribution < 1.29 is 14.6 Å². The van der Waals surface area contributed by atoms with Crippen LogP contribution in [0.5, 0.6) is 5.75 Å². The summed E-state index contributed by atoms with van der Waals surface area (Å²) in [6, 6.07) is 9.38. The van der Waals surface area contributed by atoms with Crippen LogP contribution in [0.2, 0.25) is 0 Å². The first-order chi connectivity index (χ1) is 11.6. The lowest BCUT2D eigenvalue weighted by atomic mass is 10.0. The number of pyridine rings is 1. The third-order valence-electron chi connectivity index (χ3n) is 4.47. The molecule has 0 aliphatic carbocycles. The Morgan fingerprint density at radius 2 is 2.21 bits per heavy atom. The van der Waals surface area contributed by atoms with E-state index >= 15 is 0 Å². The number of nitrogens with zero attached hydrogens (tertiary/aromatic N) is 2. The average molecular weight is 326 g/mol. The number of aromatic nitrogens is 1. The molecule has 0 bridgehead atoms. The highest BCUT2D eigenvalue weighted by Gasteiger charge is 2.36. The van der Waals surface area contributed by atoms with Gasteiger partial charge in [0.05, 0.1) is 24.8 Å². The van der Waals surface area contributed by atoms with Gasteiger partial charge in [0, 0.05) is 18.9 Å². The van der Waals surface area contributed by atoms with Crippen LogP contribution in [0.1, 0.15) is 40.9 Å². The summed E-state index contributed by atoms with van der Waals surface area (Å²) in [6.07, 6.45) is 4.20. The second kappa shape index (κ2) is 7.01. The van der Waals surface area contributed by atoms with Gasteiger partial charge in [-0.25, -0.2) is 0 Å². The summed E-state index contributed by atoms with van der Waals surface area (Å²) in [5, 5.41) is 10.1. The molecule has 1 aromatic carbocycles. The molecule has 1 aromatic heterocycles. The minimum atomic E-state index is -0.521. The van der Waals surface area contributed by atoms with E-state index in [1.807, 2.05) is 37.3 Å². The average Bonchev–Trinajstić information content (AvgIpc) is 3.03. The number of hydrogen-bond acceptors (Lipinski definition) is 4. The number of amides is 1. The number of methoxy groups -OCH3 is 1. The molecule has 3 rings (SSSR count). The van der Waals surface area contributed by atoms with Crippen molar-refractivity contribution in [1.29, 1.82) is 0 Å². The predicted octanol–water partition coefficient (Wildman–Crippen LogP) is 2.60. The molecule has 1 saturated heterocycles. The zero-order valence-corrected chi connectivity index (χ0v) is 14.0. The van der Waals surface area contributed by atoms with E-state index in [2.05, 4.69) is 4.98 Å². The van der Waals surface area contributed by atoms with Crippen LogP contribution in [0.4, 0.5) is 0 Å². The number of benzene rings is 1. The van der Waals surface area contributed by atoms with Gasteiger partial charge >= 0.3 is 0 Å². The van der Waals surface area contributed by atoms with Crippen molar-refractivity contribution in [2.45, 2.75) is 31.9 Å². The molecule has 2 aromatic rings. The standard InChI is InChI=1S/C19H22N2O3/c1-3-13-7-15(11-20-10-13)19(23)21-12-16(22)9-18(21)14-5-4-6-17(8-14)24-2/h4-8,10-11,16,18,22H,3,9,12H2,1-2H3/t16-,18-/m1/s1. The second-order valence-electron chi connectivity index (χ2n) is 6.07. The molecule has 1 amide bonds. The summed E-state index contributed by atoms with van der Waals surface area (Å²) in [6.45, 7) is 2.36. The zero-order chi connectivity index (χ0) is 17.1. The van der Waals surface area contributed by atoms with Crippen LogP contribution in [-0.4, -0.2) is 40.7 Å². The topological polar surface area (TPSA) is 62.7 Å².